The number of nitrogens with one attached hydrogen (secondary N) is 2. The lowest BCUT2D eigenvalue weighted by molar-refractivity contribution is -0.132. The zero-order chi connectivity index (χ0) is 23.9. The summed E-state index contributed by atoms with van der Waals surface area (Å²) in [6.45, 7) is 12.3. The predicted molar refractivity (Wildman–Crippen MR) is 126 cm³/mol. The number of aliphatic hydroxyl groups is 1. The number of ether oxygens (including phenoxy) is 1. The van der Waals surface area contributed by atoms with Gasteiger partial charge in [0.2, 0.25) is 5.91 Å². The maximum Gasteiger partial charge on any atom is 0.407 e. The lowest BCUT2D eigenvalue weighted by atomic mass is 9.96. The number of benzene rings is 1. The zero-order valence-corrected chi connectivity index (χ0v) is 20.4. The van der Waals surface area contributed by atoms with E-state index in [2.05, 4.69) is 31.4 Å². The summed E-state index contributed by atoms with van der Waals surface area (Å²) >= 11 is 0. The van der Waals surface area contributed by atoms with E-state index in [1.165, 1.54) is 0 Å². The van der Waals surface area contributed by atoms with Gasteiger partial charge in [0.25, 0.3) is 0 Å². The highest BCUT2D eigenvalue weighted by Gasteiger charge is 2.45. The monoisotopic (exact) mass is 447 g/mol. The van der Waals surface area contributed by atoms with Crippen LogP contribution in [0.25, 0.3) is 0 Å². The molecule has 0 radical (unpaired) electrons. The van der Waals surface area contributed by atoms with Crippen LogP contribution in [0, 0.1) is 5.92 Å². The number of aliphatic hydroxyl groups excluding tert-OH is 1. The Morgan fingerprint density at radius 3 is 2.44 bits per heavy atom. The Bertz CT molecular complexity index is 732. The molecule has 1 fully saturated rings. The minimum atomic E-state index is -1.10. The van der Waals surface area contributed by atoms with E-state index in [-0.39, 0.29) is 18.0 Å². The fourth-order valence-corrected chi connectivity index (χ4v) is 4.06. The highest BCUT2D eigenvalue weighted by atomic mass is 16.6. The second kappa shape index (κ2) is 11.7. The summed E-state index contributed by atoms with van der Waals surface area (Å²) in [6, 6.07) is 8.15. The SMILES string of the molecule is CCCCCN1C(=O)C([C@H](O)[C@H](Cc2ccccc2)NC(=O)OC(C)(C)C)NC1C(C)C. The summed E-state index contributed by atoms with van der Waals surface area (Å²) in [6.07, 6.45) is 1.59. The van der Waals surface area contributed by atoms with Crippen molar-refractivity contribution in [2.75, 3.05) is 6.54 Å². The summed E-state index contributed by atoms with van der Waals surface area (Å²) in [4.78, 5) is 27.6. The van der Waals surface area contributed by atoms with Crippen molar-refractivity contribution in [1.29, 1.82) is 0 Å². The number of hydrogen-bond donors (Lipinski definition) is 3. The zero-order valence-electron chi connectivity index (χ0n) is 20.4. The molecular formula is C25H41N3O4. The number of rotatable bonds is 10. The fraction of sp³-hybridized carbons (Fsp3) is 0.680. The molecule has 1 aromatic carbocycles. The van der Waals surface area contributed by atoms with E-state index in [4.69, 9.17) is 4.74 Å². The Kier molecular flexibility index (Phi) is 9.52. The van der Waals surface area contributed by atoms with Crippen molar-refractivity contribution in [2.45, 2.75) is 97.2 Å². The number of carbonyl (C=O) groups is 2. The summed E-state index contributed by atoms with van der Waals surface area (Å²) in [7, 11) is 0. The smallest absolute Gasteiger partial charge is 0.407 e. The van der Waals surface area contributed by atoms with Gasteiger partial charge in [-0.2, -0.15) is 0 Å². The molecule has 0 aliphatic carbocycles. The van der Waals surface area contributed by atoms with Crippen LogP contribution in [0.2, 0.25) is 0 Å². The largest absolute Gasteiger partial charge is 0.444 e. The van der Waals surface area contributed by atoms with Crippen molar-refractivity contribution in [3.8, 4) is 0 Å². The van der Waals surface area contributed by atoms with Gasteiger partial charge in [-0.15, -0.1) is 0 Å². The molecule has 32 heavy (non-hydrogen) atoms. The van der Waals surface area contributed by atoms with Gasteiger partial charge in [0.1, 0.15) is 11.6 Å². The van der Waals surface area contributed by atoms with Crippen LogP contribution in [-0.4, -0.2) is 58.5 Å². The Hall–Kier alpha value is -2.12. The molecular weight excluding hydrogens is 406 g/mol. The van der Waals surface area contributed by atoms with E-state index in [0.29, 0.717) is 13.0 Å². The first kappa shape index (κ1) is 26.1. The number of carbonyl (C=O) groups excluding carboxylic acids is 2. The Balaban J connectivity index is 2.21. The van der Waals surface area contributed by atoms with E-state index in [0.717, 1.165) is 24.8 Å². The van der Waals surface area contributed by atoms with E-state index in [1.807, 2.05) is 35.2 Å². The maximum atomic E-state index is 13.3. The van der Waals surface area contributed by atoms with Crippen LogP contribution in [-0.2, 0) is 16.0 Å². The quantitative estimate of drug-likeness (QED) is 0.478. The molecule has 1 saturated heterocycles. The normalized spacial score (nSPS) is 21.0. The minimum absolute atomic E-state index is 0.114. The van der Waals surface area contributed by atoms with Crippen molar-refractivity contribution in [1.82, 2.24) is 15.5 Å². The van der Waals surface area contributed by atoms with Gasteiger partial charge in [0.15, 0.2) is 0 Å². The maximum absolute atomic E-state index is 13.3. The topological polar surface area (TPSA) is 90.9 Å². The van der Waals surface area contributed by atoms with Gasteiger partial charge in [-0.25, -0.2) is 4.79 Å². The van der Waals surface area contributed by atoms with E-state index in [9.17, 15) is 14.7 Å². The van der Waals surface area contributed by atoms with Crippen molar-refractivity contribution < 1.29 is 19.4 Å². The third kappa shape index (κ3) is 7.48. The summed E-state index contributed by atoms with van der Waals surface area (Å²) in [5, 5.41) is 17.4. The van der Waals surface area contributed by atoms with Gasteiger partial charge in [0, 0.05) is 6.54 Å². The van der Waals surface area contributed by atoms with Gasteiger partial charge >= 0.3 is 6.09 Å². The Morgan fingerprint density at radius 2 is 1.88 bits per heavy atom. The third-order valence-corrected chi connectivity index (χ3v) is 5.62. The van der Waals surface area contributed by atoms with Gasteiger partial charge in [0.05, 0.1) is 18.3 Å². The first-order valence-electron chi connectivity index (χ1n) is 11.8. The Labute approximate surface area is 192 Å². The predicted octanol–water partition coefficient (Wildman–Crippen LogP) is 3.46. The van der Waals surface area contributed by atoms with Crippen LogP contribution in [0.3, 0.4) is 0 Å². The van der Waals surface area contributed by atoms with Gasteiger partial charge < -0.3 is 20.1 Å². The lowest BCUT2D eigenvalue weighted by Crippen LogP contribution is -2.55. The van der Waals surface area contributed by atoms with Crippen LogP contribution in [0.15, 0.2) is 30.3 Å². The molecule has 0 bridgehead atoms. The molecule has 4 atom stereocenters. The van der Waals surface area contributed by atoms with Crippen molar-refractivity contribution >= 4 is 12.0 Å². The molecule has 7 nitrogen and oxygen atoms in total. The van der Waals surface area contributed by atoms with Gasteiger partial charge in [-0.05, 0) is 45.1 Å². The Morgan fingerprint density at radius 1 is 1.22 bits per heavy atom. The molecule has 1 heterocycles. The fourth-order valence-electron chi connectivity index (χ4n) is 4.06. The second-order valence-electron chi connectivity index (χ2n) is 10.0. The summed E-state index contributed by atoms with van der Waals surface area (Å²) in [5.41, 5.74) is 0.297. The van der Waals surface area contributed by atoms with E-state index >= 15 is 0 Å². The van der Waals surface area contributed by atoms with Gasteiger partial charge in [-0.1, -0.05) is 63.9 Å². The molecule has 2 unspecified atom stereocenters. The average Bonchev–Trinajstić information content (AvgIpc) is 3.03. The highest BCUT2D eigenvalue weighted by molar-refractivity contribution is 5.85. The van der Waals surface area contributed by atoms with E-state index < -0.39 is 29.9 Å². The minimum Gasteiger partial charge on any atom is -0.444 e. The van der Waals surface area contributed by atoms with Crippen LogP contribution in [0.5, 0.6) is 0 Å². The number of hydrogen-bond acceptors (Lipinski definition) is 5. The molecule has 1 aliphatic rings. The molecule has 0 spiro atoms. The summed E-state index contributed by atoms with van der Waals surface area (Å²) in [5.74, 6) is 0.0838. The molecule has 1 aliphatic heterocycles. The number of nitrogens with zero attached hydrogens (tertiary/aromatic N) is 1. The van der Waals surface area contributed by atoms with Crippen molar-refractivity contribution in [3.05, 3.63) is 35.9 Å². The lowest BCUT2D eigenvalue weighted by Gasteiger charge is -2.29. The molecule has 1 aromatic rings. The van der Waals surface area contributed by atoms with E-state index in [1.54, 1.807) is 20.8 Å². The summed E-state index contributed by atoms with van der Waals surface area (Å²) < 4.78 is 5.41. The molecule has 3 N–H and O–H groups in total. The molecule has 2 rings (SSSR count). The van der Waals surface area contributed by atoms with Crippen LogP contribution in [0.4, 0.5) is 4.79 Å². The number of amides is 2. The molecule has 0 saturated carbocycles. The van der Waals surface area contributed by atoms with Crippen molar-refractivity contribution in [3.63, 3.8) is 0 Å². The highest BCUT2D eigenvalue weighted by Crippen LogP contribution is 2.23. The second-order valence-corrected chi connectivity index (χ2v) is 10.0. The van der Waals surface area contributed by atoms with Crippen LogP contribution < -0.4 is 10.6 Å². The van der Waals surface area contributed by atoms with Crippen LogP contribution in [0.1, 0.15) is 66.4 Å². The van der Waals surface area contributed by atoms with Gasteiger partial charge in [-0.3, -0.25) is 10.1 Å². The first-order chi connectivity index (χ1) is 15.0. The third-order valence-electron chi connectivity index (χ3n) is 5.62. The first-order valence-corrected chi connectivity index (χ1v) is 11.8. The van der Waals surface area contributed by atoms with Crippen molar-refractivity contribution in [2.24, 2.45) is 5.92 Å². The molecule has 2 amide bonds. The molecule has 0 aromatic heterocycles. The molecule has 7 heteroatoms. The molecule has 180 valence electrons. The van der Waals surface area contributed by atoms with Crippen LogP contribution >= 0.6 is 0 Å². The average molecular weight is 448 g/mol. The number of alkyl carbamates (subject to hydrolysis) is 1. The standard InChI is InChI=1S/C25H41N3O4/c1-7-8-12-15-28-22(17(2)3)27-20(23(28)30)21(29)19(16-18-13-10-9-11-14-18)26-24(31)32-25(4,5)6/h9-11,13-14,17,19-22,27,29H,7-8,12,15-16H2,1-6H3,(H,26,31)/t19-,20?,21+,22?/m0/s1. The number of unbranched alkanes of at least 4 members (excludes halogenated alkanes) is 2.